The number of pyridine rings is 1. The van der Waals surface area contributed by atoms with Crippen LogP contribution in [0.5, 0.6) is 0 Å². The van der Waals surface area contributed by atoms with Gasteiger partial charge in [0.25, 0.3) is 5.89 Å². The molecular formula is C16H18N4O. The van der Waals surface area contributed by atoms with E-state index in [0.717, 1.165) is 36.8 Å². The fourth-order valence-corrected chi connectivity index (χ4v) is 2.14. The van der Waals surface area contributed by atoms with Crippen molar-refractivity contribution in [1.82, 2.24) is 20.5 Å². The van der Waals surface area contributed by atoms with E-state index >= 15 is 0 Å². The lowest BCUT2D eigenvalue weighted by Gasteiger charge is -1.99. The molecule has 0 fully saturated rings. The first-order valence-electron chi connectivity index (χ1n) is 7.26. The molecular weight excluding hydrogens is 264 g/mol. The SMILES string of the molecule is CCCNCCc1nnc(-c2ccc3ccccc3n2)o1. The Hall–Kier alpha value is -2.27. The third-order valence-corrected chi connectivity index (χ3v) is 3.23. The summed E-state index contributed by atoms with van der Waals surface area (Å²) < 4.78 is 5.67. The molecule has 0 bridgehead atoms. The molecule has 0 radical (unpaired) electrons. The third kappa shape index (κ3) is 3.25. The maximum atomic E-state index is 5.67. The van der Waals surface area contributed by atoms with Crippen molar-refractivity contribution < 1.29 is 4.42 Å². The normalized spacial score (nSPS) is 11.1. The van der Waals surface area contributed by atoms with Crippen molar-refractivity contribution in [2.24, 2.45) is 0 Å². The Labute approximate surface area is 123 Å². The van der Waals surface area contributed by atoms with Crippen molar-refractivity contribution in [2.45, 2.75) is 19.8 Å². The molecule has 3 rings (SSSR count). The van der Waals surface area contributed by atoms with E-state index in [1.165, 1.54) is 0 Å². The number of hydrogen-bond acceptors (Lipinski definition) is 5. The van der Waals surface area contributed by atoms with E-state index in [0.29, 0.717) is 17.5 Å². The zero-order chi connectivity index (χ0) is 14.5. The molecule has 0 amide bonds. The van der Waals surface area contributed by atoms with E-state index in [1.54, 1.807) is 0 Å². The van der Waals surface area contributed by atoms with E-state index in [2.05, 4.69) is 27.4 Å². The first-order valence-corrected chi connectivity index (χ1v) is 7.26. The van der Waals surface area contributed by atoms with Crippen LogP contribution in [0, 0.1) is 0 Å². The monoisotopic (exact) mass is 282 g/mol. The van der Waals surface area contributed by atoms with Crippen LogP contribution in [0.2, 0.25) is 0 Å². The molecule has 5 nitrogen and oxygen atoms in total. The number of rotatable bonds is 6. The Balaban J connectivity index is 1.75. The minimum atomic E-state index is 0.478. The van der Waals surface area contributed by atoms with Crippen LogP contribution in [0.4, 0.5) is 0 Å². The molecule has 2 aromatic heterocycles. The molecule has 5 heteroatoms. The summed E-state index contributed by atoms with van der Waals surface area (Å²) in [6, 6.07) is 11.9. The second-order valence-corrected chi connectivity index (χ2v) is 4.89. The van der Waals surface area contributed by atoms with Gasteiger partial charge in [0, 0.05) is 18.4 Å². The molecule has 108 valence electrons. The molecule has 3 aromatic rings. The van der Waals surface area contributed by atoms with Gasteiger partial charge in [0.15, 0.2) is 0 Å². The number of hydrogen-bond donors (Lipinski definition) is 1. The largest absolute Gasteiger partial charge is 0.419 e. The number of aromatic nitrogens is 3. The van der Waals surface area contributed by atoms with Crippen LogP contribution >= 0.6 is 0 Å². The number of fused-ring (bicyclic) bond motifs is 1. The maximum absolute atomic E-state index is 5.67. The lowest BCUT2D eigenvalue weighted by atomic mass is 10.2. The van der Waals surface area contributed by atoms with E-state index in [-0.39, 0.29) is 0 Å². The lowest BCUT2D eigenvalue weighted by molar-refractivity contribution is 0.493. The summed E-state index contributed by atoms with van der Waals surface area (Å²) in [6.07, 6.45) is 1.86. The van der Waals surface area contributed by atoms with Crippen LogP contribution in [0.15, 0.2) is 40.8 Å². The minimum absolute atomic E-state index is 0.478. The molecule has 1 aromatic carbocycles. The van der Waals surface area contributed by atoms with Crippen LogP contribution in [0.3, 0.4) is 0 Å². The van der Waals surface area contributed by atoms with Crippen LogP contribution in [-0.4, -0.2) is 28.3 Å². The second kappa shape index (κ2) is 6.45. The third-order valence-electron chi connectivity index (χ3n) is 3.23. The Kier molecular flexibility index (Phi) is 4.21. The highest BCUT2D eigenvalue weighted by molar-refractivity contribution is 5.80. The molecule has 2 heterocycles. The number of para-hydroxylation sites is 1. The van der Waals surface area contributed by atoms with Crippen LogP contribution in [0.1, 0.15) is 19.2 Å². The summed E-state index contributed by atoms with van der Waals surface area (Å²) in [5.41, 5.74) is 1.65. The van der Waals surface area contributed by atoms with Gasteiger partial charge in [0.2, 0.25) is 5.89 Å². The molecule has 0 saturated carbocycles. The average molecular weight is 282 g/mol. The van der Waals surface area contributed by atoms with Crippen LogP contribution in [-0.2, 0) is 6.42 Å². The molecule has 0 aliphatic heterocycles. The Morgan fingerprint density at radius 3 is 2.86 bits per heavy atom. The Morgan fingerprint density at radius 1 is 1.05 bits per heavy atom. The quantitative estimate of drug-likeness (QED) is 0.704. The zero-order valence-corrected chi connectivity index (χ0v) is 12.0. The van der Waals surface area contributed by atoms with Crippen LogP contribution < -0.4 is 5.32 Å². The van der Waals surface area contributed by atoms with E-state index in [9.17, 15) is 0 Å². The van der Waals surface area contributed by atoms with Gasteiger partial charge >= 0.3 is 0 Å². The molecule has 0 saturated heterocycles. The summed E-state index contributed by atoms with van der Waals surface area (Å²) >= 11 is 0. The molecule has 0 unspecified atom stereocenters. The molecule has 21 heavy (non-hydrogen) atoms. The predicted molar refractivity (Wildman–Crippen MR) is 81.9 cm³/mol. The van der Waals surface area contributed by atoms with Crippen molar-refractivity contribution in [3.05, 3.63) is 42.3 Å². The fraction of sp³-hybridized carbons (Fsp3) is 0.312. The summed E-state index contributed by atoms with van der Waals surface area (Å²) in [6.45, 7) is 4.00. The molecule has 0 atom stereocenters. The maximum Gasteiger partial charge on any atom is 0.266 e. The van der Waals surface area contributed by atoms with Crippen molar-refractivity contribution in [3.8, 4) is 11.6 Å². The molecule has 1 N–H and O–H groups in total. The Bertz CT molecular complexity index is 723. The highest BCUT2D eigenvalue weighted by Gasteiger charge is 2.10. The zero-order valence-electron chi connectivity index (χ0n) is 12.0. The standard InChI is InChI=1S/C16H18N4O/c1-2-10-17-11-9-15-19-20-16(21-15)14-8-7-12-5-3-4-6-13(12)18-14/h3-8,17H,2,9-11H2,1H3. The fourth-order valence-electron chi connectivity index (χ4n) is 2.14. The van der Waals surface area contributed by atoms with E-state index in [1.807, 2.05) is 36.4 Å². The van der Waals surface area contributed by atoms with Gasteiger partial charge in [0.1, 0.15) is 5.69 Å². The number of benzene rings is 1. The van der Waals surface area contributed by atoms with Crippen LogP contribution in [0.25, 0.3) is 22.5 Å². The second-order valence-electron chi connectivity index (χ2n) is 4.89. The first kappa shape index (κ1) is 13.7. The molecule has 0 aliphatic carbocycles. The number of nitrogens with one attached hydrogen (secondary N) is 1. The molecule has 0 aliphatic rings. The number of nitrogens with zero attached hydrogens (tertiary/aromatic N) is 3. The van der Waals surface area contributed by atoms with Gasteiger partial charge in [-0.15, -0.1) is 10.2 Å². The first-order chi connectivity index (χ1) is 10.4. The highest BCUT2D eigenvalue weighted by atomic mass is 16.4. The highest BCUT2D eigenvalue weighted by Crippen LogP contribution is 2.19. The van der Waals surface area contributed by atoms with E-state index in [4.69, 9.17) is 4.42 Å². The van der Waals surface area contributed by atoms with Gasteiger partial charge < -0.3 is 9.73 Å². The summed E-state index contributed by atoms with van der Waals surface area (Å²) in [7, 11) is 0. The topological polar surface area (TPSA) is 63.8 Å². The van der Waals surface area contributed by atoms with Gasteiger partial charge in [-0.2, -0.15) is 0 Å². The Morgan fingerprint density at radius 2 is 1.95 bits per heavy atom. The van der Waals surface area contributed by atoms with Gasteiger partial charge in [-0.25, -0.2) is 4.98 Å². The summed E-state index contributed by atoms with van der Waals surface area (Å²) in [5.74, 6) is 1.12. The summed E-state index contributed by atoms with van der Waals surface area (Å²) in [4.78, 5) is 4.56. The minimum Gasteiger partial charge on any atom is -0.419 e. The van der Waals surface area contributed by atoms with Crippen molar-refractivity contribution in [3.63, 3.8) is 0 Å². The van der Waals surface area contributed by atoms with Gasteiger partial charge in [-0.1, -0.05) is 31.2 Å². The smallest absolute Gasteiger partial charge is 0.266 e. The predicted octanol–water partition coefficient (Wildman–Crippen LogP) is 2.83. The average Bonchev–Trinajstić information content (AvgIpc) is 3.00. The van der Waals surface area contributed by atoms with Crippen molar-refractivity contribution in [1.29, 1.82) is 0 Å². The van der Waals surface area contributed by atoms with Crippen molar-refractivity contribution in [2.75, 3.05) is 13.1 Å². The van der Waals surface area contributed by atoms with Gasteiger partial charge in [-0.05, 0) is 25.1 Å². The van der Waals surface area contributed by atoms with Crippen molar-refractivity contribution >= 4 is 10.9 Å². The summed E-state index contributed by atoms with van der Waals surface area (Å²) in [5, 5.41) is 12.6. The van der Waals surface area contributed by atoms with Gasteiger partial charge in [-0.3, -0.25) is 0 Å². The lowest BCUT2D eigenvalue weighted by Crippen LogP contribution is -2.17. The molecule has 0 spiro atoms. The van der Waals surface area contributed by atoms with E-state index < -0.39 is 0 Å². The van der Waals surface area contributed by atoms with Gasteiger partial charge in [0.05, 0.1) is 5.52 Å².